The van der Waals surface area contributed by atoms with Gasteiger partial charge in [-0.15, -0.1) is 0 Å². The van der Waals surface area contributed by atoms with Gasteiger partial charge in [0.15, 0.2) is 0 Å². The molecule has 0 saturated carbocycles. The first-order valence-corrected chi connectivity index (χ1v) is 7.22. The van der Waals surface area contributed by atoms with Crippen LogP contribution < -0.4 is 10.6 Å². The fourth-order valence-electron chi connectivity index (χ4n) is 2.86. The molecule has 1 aromatic carbocycles. The molecule has 0 atom stereocenters. The summed E-state index contributed by atoms with van der Waals surface area (Å²) in [4.78, 5) is 28.7. The molecule has 8 heteroatoms. The minimum absolute atomic E-state index is 0.0152. The van der Waals surface area contributed by atoms with Crippen molar-refractivity contribution in [2.24, 2.45) is 0 Å². The fourth-order valence-corrected chi connectivity index (χ4v) is 2.86. The number of fused-ring (bicyclic) bond motifs is 1. The van der Waals surface area contributed by atoms with Crippen LogP contribution in [-0.4, -0.2) is 15.8 Å². The normalized spacial score (nSPS) is 15.5. The molecule has 1 aromatic heterocycles. The van der Waals surface area contributed by atoms with E-state index in [2.05, 4.69) is 4.98 Å². The Morgan fingerprint density at radius 3 is 2.67 bits per heavy atom. The molecule has 124 valence electrons. The van der Waals surface area contributed by atoms with Crippen molar-refractivity contribution in [3.63, 3.8) is 0 Å². The van der Waals surface area contributed by atoms with Crippen LogP contribution in [0.15, 0.2) is 30.5 Å². The summed E-state index contributed by atoms with van der Waals surface area (Å²) in [7, 11) is 0. The summed E-state index contributed by atoms with van der Waals surface area (Å²) in [5.41, 5.74) is 6.18. The van der Waals surface area contributed by atoms with Crippen molar-refractivity contribution in [2.45, 2.75) is 25.8 Å². The van der Waals surface area contributed by atoms with E-state index in [1.54, 1.807) is 13.8 Å². The number of nitro groups is 1. The number of hydrogen-bond acceptors (Lipinski definition) is 5. The molecular formula is C16H15FN4O3. The predicted molar refractivity (Wildman–Crippen MR) is 85.9 cm³/mol. The van der Waals surface area contributed by atoms with Crippen LogP contribution in [0.4, 0.5) is 21.5 Å². The van der Waals surface area contributed by atoms with Gasteiger partial charge in [0.25, 0.3) is 5.69 Å². The number of benzene rings is 1. The molecule has 24 heavy (non-hydrogen) atoms. The maximum Gasteiger partial charge on any atom is 0.294 e. The Labute approximate surface area is 137 Å². The van der Waals surface area contributed by atoms with E-state index in [-0.39, 0.29) is 23.8 Å². The number of aromatic nitrogens is 1. The number of nitrogens with zero attached hydrogens (tertiary/aromatic N) is 3. The highest BCUT2D eigenvalue weighted by Crippen LogP contribution is 2.45. The van der Waals surface area contributed by atoms with Crippen molar-refractivity contribution in [3.8, 4) is 0 Å². The lowest BCUT2D eigenvalue weighted by atomic mass is 9.86. The van der Waals surface area contributed by atoms with Gasteiger partial charge in [0.05, 0.1) is 34.5 Å². The zero-order valence-electron chi connectivity index (χ0n) is 13.1. The third kappa shape index (κ3) is 2.36. The molecule has 2 heterocycles. The van der Waals surface area contributed by atoms with Gasteiger partial charge >= 0.3 is 0 Å². The Morgan fingerprint density at radius 1 is 1.38 bits per heavy atom. The maximum atomic E-state index is 13.0. The maximum absolute atomic E-state index is 13.0. The number of rotatable bonds is 3. The second-order valence-electron chi connectivity index (χ2n) is 6.17. The minimum atomic E-state index is -0.862. The average molecular weight is 330 g/mol. The van der Waals surface area contributed by atoms with Gasteiger partial charge in [-0.05, 0) is 37.6 Å². The predicted octanol–water partition coefficient (Wildman–Crippen LogP) is 2.54. The number of nitrogen functional groups attached to an aromatic ring is 1. The Hall–Kier alpha value is -3.03. The lowest BCUT2D eigenvalue weighted by Gasteiger charge is -2.20. The molecule has 0 fully saturated rings. The summed E-state index contributed by atoms with van der Waals surface area (Å²) in [5.74, 6) is -0.695. The second kappa shape index (κ2) is 5.26. The second-order valence-corrected chi connectivity index (χ2v) is 6.17. The summed E-state index contributed by atoms with van der Waals surface area (Å²) in [6, 6.07) is 5.50. The van der Waals surface area contributed by atoms with Crippen molar-refractivity contribution in [1.82, 2.24) is 4.98 Å². The number of halogens is 1. The summed E-state index contributed by atoms with van der Waals surface area (Å²) >= 11 is 0. The highest BCUT2D eigenvalue weighted by molar-refractivity contribution is 6.08. The number of anilines is 2. The van der Waals surface area contributed by atoms with E-state index in [0.717, 1.165) is 6.20 Å². The van der Waals surface area contributed by atoms with Crippen LogP contribution in [0.2, 0.25) is 0 Å². The molecule has 0 saturated heterocycles. The number of nitro benzene ring substituents is 1. The Balaban J connectivity index is 2.09. The SMILES string of the molecule is CC1(C)C(=O)N(Cc2ccc(F)cn2)c2cc([N+](=O)[O-])c(N)cc21. The number of pyridine rings is 1. The Kier molecular flexibility index (Phi) is 3.47. The zero-order chi connectivity index (χ0) is 17.6. The molecule has 0 radical (unpaired) electrons. The van der Waals surface area contributed by atoms with Gasteiger partial charge in [0, 0.05) is 6.07 Å². The third-order valence-corrected chi connectivity index (χ3v) is 4.19. The molecule has 0 bridgehead atoms. The van der Waals surface area contributed by atoms with Crippen LogP contribution in [-0.2, 0) is 16.8 Å². The Bertz CT molecular complexity index is 849. The lowest BCUT2D eigenvalue weighted by Crippen LogP contribution is -2.35. The molecule has 2 N–H and O–H groups in total. The largest absolute Gasteiger partial charge is 0.393 e. The van der Waals surface area contributed by atoms with Crippen molar-refractivity contribution in [1.29, 1.82) is 0 Å². The van der Waals surface area contributed by atoms with E-state index in [9.17, 15) is 19.3 Å². The van der Waals surface area contributed by atoms with Gasteiger partial charge in [0.1, 0.15) is 11.5 Å². The van der Waals surface area contributed by atoms with Crippen LogP contribution in [0, 0.1) is 15.9 Å². The topological polar surface area (TPSA) is 102 Å². The standard InChI is InChI=1S/C16H15FN4O3/c1-16(2)11-5-12(18)14(21(23)24)6-13(11)20(15(16)22)8-10-4-3-9(17)7-19-10/h3-7H,8,18H2,1-2H3. The van der Waals surface area contributed by atoms with Crippen molar-refractivity contribution in [2.75, 3.05) is 10.6 Å². The van der Waals surface area contributed by atoms with Gasteiger partial charge in [0.2, 0.25) is 5.91 Å². The monoisotopic (exact) mass is 330 g/mol. The van der Waals surface area contributed by atoms with Gasteiger partial charge in [-0.1, -0.05) is 0 Å². The Morgan fingerprint density at radius 2 is 2.08 bits per heavy atom. The molecule has 1 aliphatic heterocycles. The molecule has 2 aromatic rings. The van der Waals surface area contributed by atoms with Crippen LogP contribution in [0.1, 0.15) is 25.1 Å². The van der Waals surface area contributed by atoms with Crippen molar-refractivity contribution in [3.05, 3.63) is 57.7 Å². The first-order chi connectivity index (χ1) is 11.2. The zero-order valence-corrected chi connectivity index (χ0v) is 13.1. The van der Waals surface area contributed by atoms with E-state index in [1.807, 2.05) is 0 Å². The van der Waals surface area contributed by atoms with Crippen LogP contribution in [0.25, 0.3) is 0 Å². The van der Waals surface area contributed by atoms with E-state index >= 15 is 0 Å². The fraction of sp³-hybridized carbons (Fsp3) is 0.250. The van der Waals surface area contributed by atoms with Gasteiger partial charge in [-0.2, -0.15) is 0 Å². The summed E-state index contributed by atoms with van der Waals surface area (Å²) < 4.78 is 13.0. The highest BCUT2D eigenvalue weighted by atomic mass is 19.1. The van der Waals surface area contributed by atoms with Gasteiger partial charge < -0.3 is 10.6 Å². The van der Waals surface area contributed by atoms with E-state index in [4.69, 9.17) is 5.73 Å². The number of carbonyl (C=O) groups is 1. The number of hydrogen-bond donors (Lipinski definition) is 1. The molecule has 0 unspecified atom stereocenters. The lowest BCUT2D eigenvalue weighted by molar-refractivity contribution is -0.383. The quantitative estimate of drug-likeness (QED) is 0.529. The molecule has 0 spiro atoms. The summed E-state index contributed by atoms with van der Waals surface area (Å²) in [6.45, 7) is 3.56. The molecule has 1 aliphatic rings. The van der Waals surface area contributed by atoms with Crippen molar-refractivity contribution < 1.29 is 14.1 Å². The molecule has 0 aliphatic carbocycles. The first kappa shape index (κ1) is 15.9. The van der Waals surface area contributed by atoms with E-state index in [1.165, 1.54) is 29.2 Å². The van der Waals surface area contributed by atoms with Crippen LogP contribution in [0.5, 0.6) is 0 Å². The summed E-state index contributed by atoms with van der Waals surface area (Å²) in [6.07, 6.45) is 1.06. The number of amides is 1. The minimum Gasteiger partial charge on any atom is -0.393 e. The average Bonchev–Trinajstić information content (AvgIpc) is 2.69. The highest BCUT2D eigenvalue weighted by Gasteiger charge is 2.45. The van der Waals surface area contributed by atoms with Crippen LogP contribution in [0.3, 0.4) is 0 Å². The van der Waals surface area contributed by atoms with Crippen molar-refractivity contribution >= 4 is 23.0 Å². The first-order valence-electron chi connectivity index (χ1n) is 7.22. The molecule has 7 nitrogen and oxygen atoms in total. The number of carbonyl (C=O) groups excluding carboxylic acids is 1. The molecule has 1 amide bonds. The molecular weight excluding hydrogens is 315 g/mol. The van der Waals surface area contributed by atoms with E-state index in [0.29, 0.717) is 16.9 Å². The third-order valence-electron chi connectivity index (χ3n) is 4.19. The van der Waals surface area contributed by atoms with Gasteiger partial charge in [-0.3, -0.25) is 19.9 Å². The van der Waals surface area contributed by atoms with Gasteiger partial charge in [-0.25, -0.2) is 4.39 Å². The van der Waals surface area contributed by atoms with Crippen LogP contribution >= 0.6 is 0 Å². The number of nitrogens with two attached hydrogens (primary N) is 1. The van der Waals surface area contributed by atoms with E-state index < -0.39 is 16.2 Å². The molecule has 3 rings (SSSR count). The smallest absolute Gasteiger partial charge is 0.294 e. The summed E-state index contributed by atoms with van der Waals surface area (Å²) in [5, 5.41) is 11.1.